The molecule has 0 bridgehead atoms. The van der Waals surface area contributed by atoms with Crippen molar-refractivity contribution in [3.8, 4) is 0 Å². The van der Waals surface area contributed by atoms with Crippen molar-refractivity contribution in [2.75, 3.05) is 5.88 Å². The molecule has 0 radical (unpaired) electrons. The van der Waals surface area contributed by atoms with E-state index in [9.17, 15) is 4.79 Å². The SMILES string of the molecule is CC(C)(CCl)C(=O)NC(C)(C)c1ccncc1. The van der Waals surface area contributed by atoms with Crippen molar-refractivity contribution in [1.29, 1.82) is 0 Å². The molecule has 0 aliphatic rings. The summed E-state index contributed by atoms with van der Waals surface area (Å²) in [5.41, 5.74) is 0.0288. The molecular weight excluding hydrogens is 236 g/mol. The van der Waals surface area contributed by atoms with E-state index in [0.717, 1.165) is 5.56 Å². The van der Waals surface area contributed by atoms with Crippen LogP contribution in [0, 0.1) is 5.41 Å². The number of halogens is 1. The molecule has 0 atom stereocenters. The van der Waals surface area contributed by atoms with Gasteiger partial charge in [0.15, 0.2) is 0 Å². The van der Waals surface area contributed by atoms with Crippen LogP contribution in [-0.4, -0.2) is 16.8 Å². The van der Waals surface area contributed by atoms with Gasteiger partial charge in [0, 0.05) is 18.3 Å². The van der Waals surface area contributed by atoms with Crippen LogP contribution in [0.4, 0.5) is 0 Å². The van der Waals surface area contributed by atoms with Gasteiger partial charge in [-0.05, 0) is 45.4 Å². The molecule has 1 heterocycles. The van der Waals surface area contributed by atoms with E-state index < -0.39 is 11.0 Å². The summed E-state index contributed by atoms with van der Waals surface area (Å²) in [5, 5.41) is 3.01. The van der Waals surface area contributed by atoms with Crippen LogP contribution < -0.4 is 5.32 Å². The molecule has 1 amide bonds. The van der Waals surface area contributed by atoms with E-state index in [1.54, 1.807) is 12.4 Å². The molecule has 0 aliphatic carbocycles. The smallest absolute Gasteiger partial charge is 0.227 e. The van der Waals surface area contributed by atoms with Crippen LogP contribution >= 0.6 is 11.6 Å². The number of carbonyl (C=O) groups is 1. The normalized spacial score (nSPS) is 12.3. The molecule has 3 nitrogen and oxygen atoms in total. The number of alkyl halides is 1. The van der Waals surface area contributed by atoms with Crippen molar-refractivity contribution in [1.82, 2.24) is 10.3 Å². The van der Waals surface area contributed by atoms with Crippen molar-refractivity contribution in [3.05, 3.63) is 30.1 Å². The fraction of sp³-hybridized carbons (Fsp3) is 0.538. The first-order chi connectivity index (χ1) is 7.79. The topological polar surface area (TPSA) is 42.0 Å². The molecule has 0 saturated carbocycles. The van der Waals surface area contributed by atoms with Gasteiger partial charge in [0.05, 0.1) is 11.0 Å². The highest BCUT2D eigenvalue weighted by Gasteiger charge is 2.31. The number of nitrogens with zero attached hydrogens (tertiary/aromatic N) is 1. The number of pyridine rings is 1. The molecule has 1 N–H and O–H groups in total. The molecule has 94 valence electrons. The van der Waals surface area contributed by atoms with E-state index in [4.69, 9.17) is 11.6 Å². The van der Waals surface area contributed by atoms with Gasteiger partial charge < -0.3 is 5.32 Å². The predicted octanol–water partition coefficient (Wildman–Crippen LogP) is 2.70. The second-order valence-corrected chi connectivity index (χ2v) is 5.60. The Balaban J connectivity index is 2.84. The van der Waals surface area contributed by atoms with Crippen LogP contribution in [0.1, 0.15) is 33.3 Å². The van der Waals surface area contributed by atoms with Crippen molar-refractivity contribution >= 4 is 17.5 Å². The van der Waals surface area contributed by atoms with Crippen molar-refractivity contribution < 1.29 is 4.79 Å². The third-order valence-electron chi connectivity index (χ3n) is 2.78. The second-order valence-electron chi connectivity index (χ2n) is 5.33. The molecule has 0 spiro atoms. The quantitative estimate of drug-likeness (QED) is 0.840. The second kappa shape index (κ2) is 5.05. The zero-order valence-electron chi connectivity index (χ0n) is 10.7. The van der Waals surface area contributed by atoms with Gasteiger partial charge in [-0.25, -0.2) is 0 Å². The van der Waals surface area contributed by atoms with Gasteiger partial charge in [0.2, 0.25) is 5.91 Å². The molecule has 4 heteroatoms. The third kappa shape index (κ3) is 3.43. The first-order valence-corrected chi connectivity index (χ1v) is 6.12. The maximum Gasteiger partial charge on any atom is 0.227 e. The molecule has 17 heavy (non-hydrogen) atoms. The third-order valence-corrected chi connectivity index (χ3v) is 3.44. The van der Waals surface area contributed by atoms with Crippen LogP contribution in [0.2, 0.25) is 0 Å². The Bertz CT molecular complexity index is 388. The lowest BCUT2D eigenvalue weighted by atomic mass is 9.90. The molecular formula is C13H19ClN2O. The van der Waals surface area contributed by atoms with Crippen molar-refractivity contribution in [3.63, 3.8) is 0 Å². The number of amides is 1. The summed E-state index contributed by atoms with van der Waals surface area (Å²) < 4.78 is 0. The number of carbonyl (C=O) groups excluding carboxylic acids is 1. The highest BCUT2D eigenvalue weighted by atomic mass is 35.5. The molecule has 1 aromatic rings. The Kier molecular flexibility index (Phi) is 4.15. The van der Waals surface area contributed by atoms with Gasteiger partial charge in [-0.2, -0.15) is 0 Å². The monoisotopic (exact) mass is 254 g/mol. The molecule has 0 saturated heterocycles. The molecule has 0 aromatic carbocycles. The first kappa shape index (κ1) is 14.0. The minimum atomic E-state index is -0.564. The summed E-state index contributed by atoms with van der Waals surface area (Å²) in [6, 6.07) is 3.79. The highest BCUT2D eigenvalue weighted by molar-refractivity contribution is 6.19. The van der Waals surface area contributed by atoms with E-state index in [2.05, 4.69) is 10.3 Å². The first-order valence-electron chi connectivity index (χ1n) is 5.59. The highest BCUT2D eigenvalue weighted by Crippen LogP contribution is 2.23. The van der Waals surface area contributed by atoms with Gasteiger partial charge in [-0.15, -0.1) is 11.6 Å². The van der Waals surface area contributed by atoms with Gasteiger partial charge in [0.1, 0.15) is 0 Å². The summed E-state index contributed by atoms with van der Waals surface area (Å²) in [6.45, 7) is 7.59. The Morgan fingerprint density at radius 3 is 2.29 bits per heavy atom. The molecule has 0 fully saturated rings. The van der Waals surface area contributed by atoms with E-state index in [1.165, 1.54) is 0 Å². The maximum atomic E-state index is 12.1. The lowest BCUT2D eigenvalue weighted by Gasteiger charge is -2.31. The van der Waals surface area contributed by atoms with E-state index in [0.29, 0.717) is 5.88 Å². The van der Waals surface area contributed by atoms with Crippen LogP contribution in [0.5, 0.6) is 0 Å². The molecule has 0 unspecified atom stereocenters. The standard InChI is InChI=1S/C13H19ClN2O/c1-12(2,9-14)11(17)16-13(3,4)10-5-7-15-8-6-10/h5-8H,9H2,1-4H3,(H,16,17). The molecule has 1 aromatic heterocycles. The fourth-order valence-corrected chi connectivity index (χ4v) is 1.48. The van der Waals surface area contributed by atoms with Crippen molar-refractivity contribution in [2.24, 2.45) is 5.41 Å². The average molecular weight is 255 g/mol. The summed E-state index contributed by atoms with van der Waals surface area (Å²) in [7, 11) is 0. The predicted molar refractivity (Wildman–Crippen MR) is 69.9 cm³/mol. The maximum absolute atomic E-state index is 12.1. The zero-order valence-corrected chi connectivity index (χ0v) is 11.5. The van der Waals surface area contributed by atoms with Gasteiger partial charge in [-0.1, -0.05) is 0 Å². The Morgan fingerprint density at radius 2 is 1.82 bits per heavy atom. The fourth-order valence-electron chi connectivity index (χ4n) is 1.35. The van der Waals surface area contributed by atoms with Crippen LogP contribution in [-0.2, 0) is 10.3 Å². The summed E-state index contributed by atoms with van der Waals surface area (Å²) in [5.74, 6) is 0.250. The number of rotatable bonds is 4. The number of nitrogens with one attached hydrogen (secondary N) is 1. The van der Waals surface area contributed by atoms with Gasteiger partial charge in [0.25, 0.3) is 0 Å². The van der Waals surface area contributed by atoms with Crippen LogP contribution in [0.25, 0.3) is 0 Å². The van der Waals surface area contributed by atoms with Crippen LogP contribution in [0.15, 0.2) is 24.5 Å². The van der Waals surface area contributed by atoms with Crippen LogP contribution in [0.3, 0.4) is 0 Å². The lowest BCUT2D eigenvalue weighted by molar-refractivity contribution is -0.130. The number of aromatic nitrogens is 1. The molecule has 0 aliphatic heterocycles. The van der Waals surface area contributed by atoms with Crippen molar-refractivity contribution in [2.45, 2.75) is 33.2 Å². The summed E-state index contributed by atoms with van der Waals surface area (Å²) >= 11 is 5.79. The summed E-state index contributed by atoms with van der Waals surface area (Å²) in [4.78, 5) is 16.0. The number of hydrogen-bond acceptors (Lipinski definition) is 2. The summed E-state index contributed by atoms with van der Waals surface area (Å²) in [6.07, 6.45) is 3.44. The van der Waals surface area contributed by atoms with E-state index in [1.807, 2.05) is 39.8 Å². The Labute approximate surface area is 108 Å². The Morgan fingerprint density at radius 1 is 1.29 bits per heavy atom. The average Bonchev–Trinajstić information content (AvgIpc) is 2.29. The largest absolute Gasteiger partial charge is 0.347 e. The van der Waals surface area contributed by atoms with E-state index in [-0.39, 0.29) is 5.91 Å². The van der Waals surface area contributed by atoms with E-state index >= 15 is 0 Å². The zero-order chi connectivity index (χ0) is 13.1. The minimum absolute atomic E-state index is 0.0469. The Hall–Kier alpha value is -1.09. The minimum Gasteiger partial charge on any atom is -0.347 e. The molecule has 1 rings (SSSR count). The lowest BCUT2D eigenvalue weighted by Crippen LogP contribution is -2.47. The van der Waals surface area contributed by atoms with Gasteiger partial charge >= 0.3 is 0 Å². The van der Waals surface area contributed by atoms with Gasteiger partial charge in [-0.3, -0.25) is 9.78 Å². The number of hydrogen-bond donors (Lipinski definition) is 1.